The number of para-hydroxylation sites is 1. The van der Waals surface area contributed by atoms with Crippen LogP contribution in [-0.4, -0.2) is 26.3 Å². The van der Waals surface area contributed by atoms with E-state index in [0.717, 1.165) is 38.9 Å². The van der Waals surface area contributed by atoms with Gasteiger partial charge in [-0.2, -0.15) is 0 Å². The van der Waals surface area contributed by atoms with Crippen molar-refractivity contribution in [3.05, 3.63) is 135 Å². The zero-order valence-corrected chi connectivity index (χ0v) is 23.6. The number of carbonyl (C=O) groups is 1. The van der Waals surface area contributed by atoms with E-state index in [1.54, 1.807) is 17.6 Å². The second-order valence-electron chi connectivity index (χ2n) is 10.9. The molecule has 5 aromatic rings. The van der Waals surface area contributed by atoms with E-state index in [-0.39, 0.29) is 18.6 Å². The summed E-state index contributed by atoms with van der Waals surface area (Å²) in [6.07, 6.45) is 0.526. The van der Waals surface area contributed by atoms with Gasteiger partial charge in [-0.25, -0.2) is 9.78 Å². The first-order valence-corrected chi connectivity index (χ1v) is 14.3. The first kappa shape index (κ1) is 26.8. The number of hydrogen-bond acceptors (Lipinski definition) is 7. The van der Waals surface area contributed by atoms with Crippen LogP contribution >= 0.6 is 0 Å². The summed E-state index contributed by atoms with van der Waals surface area (Å²) in [5.41, 5.74) is 5.02. The number of carbonyl (C=O) groups excluding carboxylic acids is 1. The van der Waals surface area contributed by atoms with Crippen LogP contribution in [0, 0.1) is 0 Å². The molecule has 214 valence electrons. The van der Waals surface area contributed by atoms with Crippen LogP contribution in [0.1, 0.15) is 46.7 Å². The van der Waals surface area contributed by atoms with Crippen LogP contribution in [0.15, 0.2) is 101 Å². The maximum absolute atomic E-state index is 13.8. The second kappa shape index (κ2) is 10.6. The van der Waals surface area contributed by atoms with Crippen molar-refractivity contribution in [2.24, 2.45) is 5.16 Å². The van der Waals surface area contributed by atoms with Crippen LogP contribution in [-0.2, 0) is 46.1 Å². The molecule has 8 heteroatoms. The molecular formula is C35H29N3O5. The molecule has 43 heavy (non-hydrogen) atoms. The Labute approximate surface area is 247 Å². The number of cyclic esters (lactones) is 1. The molecule has 4 heterocycles. The summed E-state index contributed by atoms with van der Waals surface area (Å²) in [5, 5.41) is 16.9. The first-order valence-electron chi connectivity index (χ1n) is 14.3. The maximum atomic E-state index is 13.8. The molecule has 2 aliphatic heterocycles. The molecule has 8 nitrogen and oxygen atoms in total. The number of aliphatic hydroxyl groups is 1. The fraction of sp³-hybridized carbons (Fsp3) is 0.200. The lowest BCUT2D eigenvalue weighted by Gasteiger charge is -2.31. The molecule has 0 spiro atoms. The molecule has 0 aliphatic carbocycles. The molecule has 7 rings (SSSR count). The van der Waals surface area contributed by atoms with Crippen molar-refractivity contribution < 1.29 is 19.5 Å². The van der Waals surface area contributed by atoms with Crippen molar-refractivity contribution in [1.82, 2.24) is 9.55 Å². The van der Waals surface area contributed by atoms with Crippen molar-refractivity contribution in [2.75, 3.05) is 0 Å². The SMILES string of the molecule is CC[C@@]1(O)C(=O)OCc2c1cc1n(c2=O)Cc2c-1nc1ccccc1c2CC(=NOCc1ccccc1)c1ccccc1. The Balaban J connectivity index is 1.37. The molecule has 0 radical (unpaired) electrons. The summed E-state index contributed by atoms with van der Waals surface area (Å²) in [6, 6.07) is 29.4. The van der Waals surface area contributed by atoms with Gasteiger partial charge in [0.15, 0.2) is 5.60 Å². The third kappa shape index (κ3) is 4.51. The first-order chi connectivity index (χ1) is 21.0. The van der Waals surface area contributed by atoms with Gasteiger partial charge in [0.2, 0.25) is 0 Å². The molecule has 0 fully saturated rings. The fourth-order valence-electron chi connectivity index (χ4n) is 6.06. The minimum Gasteiger partial charge on any atom is -0.458 e. The molecule has 0 unspecified atom stereocenters. The van der Waals surface area contributed by atoms with Crippen molar-refractivity contribution >= 4 is 22.6 Å². The smallest absolute Gasteiger partial charge is 0.343 e. The van der Waals surface area contributed by atoms with Crippen LogP contribution in [0.5, 0.6) is 0 Å². The molecule has 2 aliphatic rings. The number of hydrogen-bond donors (Lipinski definition) is 1. The minimum absolute atomic E-state index is 0.0882. The van der Waals surface area contributed by atoms with E-state index in [2.05, 4.69) is 5.16 Å². The normalized spacial score (nSPS) is 17.3. The number of fused-ring (bicyclic) bond motifs is 5. The largest absolute Gasteiger partial charge is 0.458 e. The van der Waals surface area contributed by atoms with Crippen molar-refractivity contribution in [3.63, 3.8) is 0 Å². The number of pyridine rings is 2. The highest BCUT2D eigenvalue weighted by Crippen LogP contribution is 2.40. The van der Waals surface area contributed by atoms with Gasteiger partial charge < -0.3 is 19.2 Å². The Morgan fingerprint density at radius 3 is 2.49 bits per heavy atom. The number of esters is 1. The topological polar surface area (TPSA) is 103 Å². The highest BCUT2D eigenvalue weighted by molar-refractivity contribution is 6.04. The molecule has 1 N–H and O–H groups in total. The Morgan fingerprint density at radius 1 is 1.00 bits per heavy atom. The van der Waals surface area contributed by atoms with Crippen LogP contribution in [0.3, 0.4) is 0 Å². The van der Waals surface area contributed by atoms with Gasteiger partial charge in [-0.3, -0.25) is 4.79 Å². The summed E-state index contributed by atoms with van der Waals surface area (Å²) in [6.45, 7) is 2.16. The predicted octanol–water partition coefficient (Wildman–Crippen LogP) is 5.24. The number of benzene rings is 3. The van der Waals surface area contributed by atoms with Gasteiger partial charge in [0.1, 0.15) is 13.2 Å². The lowest BCUT2D eigenvalue weighted by molar-refractivity contribution is -0.172. The van der Waals surface area contributed by atoms with Crippen molar-refractivity contribution in [2.45, 2.75) is 45.1 Å². The molecule has 0 bridgehead atoms. The summed E-state index contributed by atoms with van der Waals surface area (Å²) < 4.78 is 6.90. The number of nitrogens with zero attached hydrogens (tertiary/aromatic N) is 3. The summed E-state index contributed by atoms with van der Waals surface area (Å²) in [5.74, 6) is -0.739. The van der Waals surface area contributed by atoms with Crippen LogP contribution in [0.25, 0.3) is 22.3 Å². The second-order valence-corrected chi connectivity index (χ2v) is 10.9. The molecule has 0 saturated carbocycles. The molecule has 0 amide bonds. The van der Waals surface area contributed by atoms with E-state index in [4.69, 9.17) is 14.6 Å². The third-order valence-electron chi connectivity index (χ3n) is 8.41. The van der Waals surface area contributed by atoms with Gasteiger partial charge in [0.05, 0.1) is 34.7 Å². The highest BCUT2D eigenvalue weighted by atomic mass is 16.6. The zero-order chi connectivity index (χ0) is 29.6. The number of oxime groups is 1. The van der Waals surface area contributed by atoms with Gasteiger partial charge in [0.25, 0.3) is 5.56 Å². The lowest BCUT2D eigenvalue weighted by atomic mass is 9.86. The molecule has 0 saturated heterocycles. The zero-order valence-electron chi connectivity index (χ0n) is 23.6. The molecule has 3 aromatic carbocycles. The Bertz CT molecular complexity index is 1970. The standard InChI is InChI=1S/C35H29N3O5/c1-2-35(41)28-18-31-32-26(19-38(31)33(39)27(28)21-42-34(35)40)25(24-15-9-10-16-29(24)36-32)17-30(23-13-7-4-8-14-23)37-43-20-22-11-5-3-6-12-22/h3-16,18,41H,2,17,19-21H2,1H3/t35-/m0/s1. The number of rotatable bonds is 7. The third-order valence-corrected chi connectivity index (χ3v) is 8.41. The van der Waals surface area contributed by atoms with E-state index in [1.165, 1.54) is 0 Å². The number of ether oxygens (including phenoxy) is 1. The maximum Gasteiger partial charge on any atom is 0.343 e. The quantitative estimate of drug-likeness (QED) is 0.160. The van der Waals surface area contributed by atoms with Crippen LogP contribution < -0.4 is 5.56 Å². The van der Waals surface area contributed by atoms with Gasteiger partial charge in [-0.05, 0) is 35.2 Å². The Morgan fingerprint density at radius 2 is 1.72 bits per heavy atom. The lowest BCUT2D eigenvalue weighted by Crippen LogP contribution is -2.44. The molecular weight excluding hydrogens is 542 g/mol. The van der Waals surface area contributed by atoms with Crippen LogP contribution in [0.4, 0.5) is 0 Å². The summed E-state index contributed by atoms with van der Waals surface area (Å²) in [7, 11) is 0. The fourth-order valence-corrected chi connectivity index (χ4v) is 6.06. The minimum atomic E-state index is -1.88. The van der Waals surface area contributed by atoms with E-state index in [9.17, 15) is 14.7 Å². The average molecular weight is 572 g/mol. The Hall–Kier alpha value is -5.08. The van der Waals surface area contributed by atoms with Gasteiger partial charge in [-0.1, -0.05) is 90.9 Å². The van der Waals surface area contributed by atoms with E-state index >= 15 is 0 Å². The van der Waals surface area contributed by atoms with E-state index < -0.39 is 11.6 Å². The van der Waals surface area contributed by atoms with Gasteiger partial charge >= 0.3 is 5.97 Å². The molecule has 1 atom stereocenters. The monoisotopic (exact) mass is 571 g/mol. The molecule has 2 aromatic heterocycles. The highest BCUT2D eigenvalue weighted by Gasteiger charge is 2.45. The van der Waals surface area contributed by atoms with Crippen molar-refractivity contribution in [1.29, 1.82) is 0 Å². The van der Waals surface area contributed by atoms with E-state index in [1.807, 2.05) is 84.9 Å². The van der Waals surface area contributed by atoms with Gasteiger partial charge in [-0.15, -0.1) is 0 Å². The summed E-state index contributed by atoms with van der Waals surface area (Å²) >= 11 is 0. The van der Waals surface area contributed by atoms with Crippen LogP contribution in [0.2, 0.25) is 0 Å². The average Bonchev–Trinajstić information content (AvgIpc) is 3.42. The van der Waals surface area contributed by atoms with E-state index in [0.29, 0.717) is 42.1 Å². The van der Waals surface area contributed by atoms with Gasteiger partial charge in [0, 0.05) is 22.9 Å². The number of aromatic nitrogens is 2. The predicted molar refractivity (Wildman–Crippen MR) is 162 cm³/mol. The summed E-state index contributed by atoms with van der Waals surface area (Å²) in [4.78, 5) is 37.3. The Kier molecular flexibility index (Phi) is 6.63. The van der Waals surface area contributed by atoms with Crippen molar-refractivity contribution in [3.8, 4) is 11.4 Å².